The molecule has 0 saturated heterocycles. The Kier molecular flexibility index (Phi) is 13.1. The lowest BCUT2D eigenvalue weighted by Crippen LogP contribution is -2.44. The first kappa shape index (κ1) is 35.9. The smallest absolute Gasteiger partial charge is 0.192 e. The molecule has 2 rings (SSSR count). The second-order valence-electron chi connectivity index (χ2n) is 15.1. The van der Waals surface area contributed by atoms with Crippen LogP contribution in [0, 0.1) is 0 Å². The Morgan fingerprint density at radius 3 is 2.15 bits per heavy atom. The number of ether oxygens (including phenoxy) is 2. The van der Waals surface area contributed by atoms with Gasteiger partial charge in [-0.25, -0.2) is 0 Å². The zero-order valence-electron chi connectivity index (χ0n) is 28.3. The van der Waals surface area contributed by atoms with Gasteiger partial charge in [0.25, 0.3) is 0 Å². The molecule has 1 aromatic carbocycles. The molecule has 1 aromatic rings. The molecule has 41 heavy (non-hydrogen) atoms. The minimum atomic E-state index is -1.91. The highest BCUT2D eigenvalue weighted by Crippen LogP contribution is 2.38. The molecule has 0 aromatic heterocycles. The molecule has 0 radical (unpaired) electrons. The minimum Gasteiger partial charge on any atom is -0.414 e. The van der Waals surface area contributed by atoms with Crippen molar-refractivity contribution in [1.29, 1.82) is 0 Å². The SMILES string of the molecule is C=C(C)C[C@H](CO[Si](C)(C)C(C)(C)C)O[C@@H](/C=C/c1ccccc1)CC1C=C(C)C[C@H](CO[Si](C)(C)C(C)(C)C)O1. The fourth-order valence-corrected chi connectivity index (χ4v) is 6.38. The highest BCUT2D eigenvalue weighted by atomic mass is 28.4. The van der Waals surface area contributed by atoms with Crippen molar-refractivity contribution < 1.29 is 18.3 Å². The van der Waals surface area contributed by atoms with Gasteiger partial charge in [-0.3, -0.25) is 0 Å². The van der Waals surface area contributed by atoms with Crippen LogP contribution in [0.15, 0.2) is 60.2 Å². The Hall–Kier alpha value is -1.29. The summed E-state index contributed by atoms with van der Waals surface area (Å²) in [5.41, 5.74) is 3.62. The van der Waals surface area contributed by atoms with Crippen molar-refractivity contribution in [3.63, 3.8) is 0 Å². The third-order valence-electron chi connectivity index (χ3n) is 8.97. The summed E-state index contributed by atoms with van der Waals surface area (Å²) in [5, 5.41) is 0.324. The molecule has 232 valence electrons. The molecule has 1 unspecified atom stereocenters. The van der Waals surface area contributed by atoms with E-state index < -0.39 is 16.6 Å². The number of rotatable bonds is 14. The number of benzene rings is 1. The van der Waals surface area contributed by atoms with Gasteiger partial charge in [-0.1, -0.05) is 101 Å². The highest BCUT2D eigenvalue weighted by molar-refractivity contribution is 6.74. The Bertz CT molecular complexity index is 1010. The molecule has 0 bridgehead atoms. The van der Waals surface area contributed by atoms with Crippen molar-refractivity contribution in [3.8, 4) is 0 Å². The summed E-state index contributed by atoms with van der Waals surface area (Å²) < 4.78 is 26.7. The lowest BCUT2D eigenvalue weighted by molar-refractivity contribution is -0.0654. The summed E-state index contributed by atoms with van der Waals surface area (Å²) in [7, 11) is -3.76. The Morgan fingerprint density at radius 2 is 1.59 bits per heavy atom. The number of hydrogen-bond acceptors (Lipinski definition) is 4. The average molecular weight is 601 g/mol. The lowest BCUT2D eigenvalue weighted by atomic mass is 10.00. The van der Waals surface area contributed by atoms with E-state index in [2.05, 4.69) is 131 Å². The molecule has 0 saturated carbocycles. The molecule has 1 aliphatic heterocycles. The van der Waals surface area contributed by atoms with Gasteiger partial charge in [0, 0.05) is 6.42 Å². The summed E-state index contributed by atoms with van der Waals surface area (Å²) in [4.78, 5) is 0. The maximum atomic E-state index is 6.84. The van der Waals surface area contributed by atoms with Crippen molar-refractivity contribution in [2.75, 3.05) is 13.2 Å². The fraction of sp³-hybridized carbons (Fsp3) is 0.657. The van der Waals surface area contributed by atoms with Crippen LogP contribution in [0.1, 0.15) is 80.2 Å². The van der Waals surface area contributed by atoms with Crippen LogP contribution >= 0.6 is 0 Å². The topological polar surface area (TPSA) is 36.9 Å². The van der Waals surface area contributed by atoms with Crippen molar-refractivity contribution >= 4 is 22.7 Å². The zero-order valence-corrected chi connectivity index (χ0v) is 30.3. The van der Waals surface area contributed by atoms with Gasteiger partial charge in [-0.05, 0) is 68.5 Å². The van der Waals surface area contributed by atoms with Crippen molar-refractivity contribution in [1.82, 2.24) is 0 Å². The van der Waals surface area contributed by atoms with E-state index in [1.807, 2.05) is 6.07 Å². The van der Waals surface area contributed by atoms with Crippen molar-refractivity contribution in [2.24, 2.45) is 0 Å². The van der Waals surface area contributed by atoms with E-state index in [0.29, 0.717) is 13.2 Å². The summed E-state index contributed by atoms with van der Waals surface area (Å²) in [6.45, 7) is 32.6. The maximum absolute atomic E-state index is 6.84. The van der Waals surface area contributed by atoms with Crippen LogP contribution in [0.3, 0.4) is 0 Å². The summed E-state index contributed by atoms with van der Waals surface area (Å²) in [6.07, 6.45) is 8.88. The van der Waals surface area contributed by atoms with Gasteiger partial charge in [0.1, 0.15) is 0 Å². The predicted octanol–water partition coefficient (Wildman–Crippen LogP) is 9.96. The van der Waals surface area contributed by atoms with Gasteiger partial charge in [-0.2, -0.15) is 0 Å². The Labute approximate surface area is 254 Å². The molecule has 4 nitrogen and oxygen atoms in total. The molecule has 0 aliphatic carbocycles. The number of hydrogen-bond donors (Lipinski definition) is 0. The lowest BCUT2D eigenvalue weighted by Gasteiger charge is -2.39. The minimum absolute atomic E-state index is 0.0334. The van der Waals surface area contributed by atoms with Crippen molar-refractivity contribution in [3.05, 3.63) is 65.8 Å². The molecule has 0 fully saturated rings. The van der Waals surface area contributed by atoms with Crippen LogP contribution in [0.5, 0.6) is 0 Å². The van der Waals surface area contributed by atoms with Crippen molar-refractivity contribution in [2.45, 2.75) is 135 Å². The normalized spacial score (nSPS) is 20.6. The van der Waals surface area contributed by atoms with Crippen LogP contribution in [-0.4, -0.2) is 54.3 Å². The molecule has 1 heterocycles. The van der Waals surface area contributed by atoms with Gasteiger partial charge in [0.15, 0.2) is 16.6 Å². The third kappa shape index (κ3) is 12.1. The largest absolute Gasteiger partial charge is 0.414 e. The van der Waals surface area contributed by atoms with Gasteiger partial charge < -0.3 is 18.3 Å². The Balaban J connectivity index is 2.22. The second kappa shape index (κ2) is 14.9. The fourth-order valence-electron chi connectivity index (χ4n) is 4.31. The van der Waals surface area contributed by atoms with Crippen LogP contribution in [0.2, 0.25) is 36.3 Å². The predicted molar refractivity (Wildman–Crippen MR) is 182 cm³/mol. The molecule has 0 N–H and O–H groups in total. The first-order valence-electron chi connectivity index (χ1n) is 15.4. The van der Waals surface area contributed by atoms with E-state index in [0.717, 1.165) is 30.4 Å². The van der Waals surface area contributed by atoms with E-state index in [-0.39, 0.29) is 34.5 Å². The van der Waals surface area contributed by atoms with E-state index in [1.54, 1.807) is 0 Å². The molecule has 1 aliphatic rings. The zero-order chi connectivity index (χ0) is 31.1. The van der Waals surface area contributed by atoms with E-state index >= 15 is 0 Å². The monoisotopic (exact) mass is 600 g/mol. The van der Waals surface area contributed by atoms with E-state index in [4.69, 9.17) is 18.3 Å². The molecule has 6 heteroatoms. The van der Waals surface area contributed by atoms with Crippen LogP contribution in [0.4, 0.5) is 0 Å². The van der Waals surface area contributed by atoms with Crippen LogP contribution in [-0.2, 0) is 18.3 Å². The van der Waals surface area contributed by atoms with Gasteiger partial charge in [-0.15, -0.1) is 6.58 Å². The van der Waals surface area contributed by atoms with E-state index in [9.17, 15) is 0 Å². The van der Waals surface area contributed by atoms with Crippen LogP contribution < -0.4 is 0 Å². The molecule has 0 spiro atoms. The van der Waals surface area contributed by atoms with Gasteiger partial charge >= 0.3 is 0 Å². The first-order chi connectivity index (χ1) is 18.8. The first-order valence-corrected chi connectivity index (χ1v) is 21.2. The van der Waals surface area contributed by atoms with E-state index in [1.165, 1.54) is 5.57 Å². The second-order valence-corrected chi connectivity index (χ2v) is 24.7. The molecule has 0 amide bonds. The summed E-state index contributed by atoms with van der Waals surface area (Å²) in [6, 6.07) is 10.4. The maximum Gasteiger partial charge on any atom is 0.192 e. The van der Waals surface area contributed by atoms with Gasteiger partial charge in [0.05, 0.1) is 37.6 Å². The third-order valence-corrected chi connectivity index (χ3v) is 18.0. The molecule has 4 atom stereocenters. The standard InChI is InChI=1S/C35H60O4Si2/c1-27(2)21-32(25-36-40(10,11)34(4,5)6)38-30(20-19-29-17-15-14-16-18-29)24-31-22-28(3)23-33(39-31)26-37-41(12,13)35(7,8)9/h14-20,22,30-33H,1,21,23-26H2,2-13H3/b20-19+/t30-,31?,32+,33+/m0/s1. The summed E-state index contributed by atoms with van der Waals surface area (Å²) in [5.74, 6) is 0. The summed E-state index contributed by atoms with van der Waals surface area (Å²) >= 11 is 0. The van der Waals surface area contributed by atoms with Crippen LogP contribution in [0.25, 0.3) is 6.08 Å². The van der Waals surface area contributed by atoms with Gasteiger partial charge in [0.2, 0.25) is 0 Å². The Morgan fingerprint density at radius 1 is 1.00 bits per heavy atom. The highest BCUT2D eigenvalue weighted by Gasteiger charge is 2.39. The quantitative estimate of drug-likeness (QED) is 0.157. The average Bonchev–Trinajstić information content (AvgIpc) is 2.83. The molecular formula is C35H60O4Si2. The molecular weight excluding hydrogens is 541 g/mol.